The van der Waals surface area contributed by atoms with E-state index in [2.05, 4.69) is 15.9 Å². The quantitative estimate of drug-likeness (QED) is 0.610. The molecule has 0 saturated carbocycles. The molecule has 0 bridgehead atoms. The van der Waals surface area contributed by atoms with Gasteiger partial charge >= 0.3 is 5.97 Å². The van der Waals surface area contributed by atoms with Gasteiger partial charge in [-0.3, -0.25) is 4.79 Å². The molecule has 0 aliphatic rings. The number of Topliss-reactive ketones (excluding diaryl/α,β-unsaturated/α-hetero) is 1. The number of esters is 1. The van der Waals surface area contributed by atoms with Crippen LogP contribution in [0.3, 0.4) is 0 Å². The Hall–Kier alpha value is -1.16. The lowest BCUT2D eigenvalue weighted by Crippen LogP contribution is -2.14. The lowest BCUT2D eigenvalue weighted by Gasteiger charge is -2.01. The molecule has 4 heteroatoms. The molecule has 0 atom stereocenters. The summed E-state index contributed by atoms with van der Waals surface area (Å²) >= 11 is 2.98. The standard InChI is InChI=1S/C10H9BrO3/c11-6-9(12)7-14-10(13)8-4-2-1-3-5-8/h1-5H,6-7H2. The molecule has 3 nitrogen and oxygen atoms in total. The summed E-state index contributed by atoms with van der Waals surface area (Å²) in [5, 5.41) is 0.203. The van der Waals surface area contributed by atoms with Gasteiger partial charge < -0.3 is 4.74 Å². The van der Waals surface area contributed by atoms with E-state index in [1.807, 2.05) is 0 Å². The Labute approximate surface area is 90.2 Å². The minimum absolute atomic E-state index is 0.158. The SMILES string of the molecule is O=C(CBr)COC(=O)c1ccccc1. The van der Waals surface area contributed by atoms with E-state index in [9.17, 15) is 9.59 Å². The third-order valence-corrected chi connectivity index (χ3v) is 2.15. The summed E-state index contributed by atoms with van der Waals surface area (Å²) in [5.74, 6) is -0.630. The zero-order valence-electron chi connectivity index (χ0n) is 7.40. The van der Waals surface area contributed by atoms with Crippen LogP contribution in [-0.2, 0) is 9.53 Å². The summed E-state index contributed by atoms with van der Waals surface area (Å²) in [6.45, 7) is -0.182. The molecule has 0 spiro atoms. The lowest BCUT2D eigenvalue weighted by molar-refractivity contribution is -0.119. The smallest absolute Gasteiger partial charge is 0.338 e. The molecule has 0 saturated heterocycles. The van der Waals surface area contributed by atoms with Crippen molar-refractivity contribution in [1.29, 1.82) is 0 Å². The number of halogens is 1. The van der Waals surface area contributed by atoms with E-state index in [1.165, 1.54) is 0 Å². The average Bonchev–Trinajstić information content (AvgIpc) is 2.26. The zero-order chi connectivity index (χ0) is 10.4. The van der Waals surface area contributed by atoms with Gasteiger partial charge in [-0.1, -0.05) is 34.1 Å². The summed E-state index contributed by atoms with van der Waals surface area (Å²) in [6, 6.07) is 8.56. The number of rotatable bonds is 4. The molecule has 0 N–H and O–H groups in total. The molecule has 74 valence electrons. The Balaban J connectivity index is 2.48. The van der Waals surface area contributed by atoms with Gasteiger partial charge in [-0.2, -0.15) is 0 Å². The number of ether oxygens (including phenoxy) is 1. The zero-order valence-corrected chi connectivity index (χ0v) is 8.99. The molecule has 0 aromatic heterocycles. The molecule has 0 aliphatic heterocycles. The van der Waals surface area contributed by atoms with Crippen molar-refractivity contribution in [3.05, 3.63) is 35.9 Å². The van der Waals surface area contributed by atoms with Crippen molar-refractivity contribution in [2.75, 3.05) is 11.9 Å². The van der Waals surface area contributed by atoms with Gasteiger partial charge in [0, 0.05) is 0 Å². The van der Waals surface area contributed by atoms with Crippen LogP contribution < -0.4 is 0 Å². The molecular formula is C10H9BrO3. The van der Waals surface area contributed by atoms with Gasteiger partial charge in [-0.25, -0.2) is 4.79 Å². The Kier molecular flexibility index (Phi) is 4.32. The van der Waals surface area contributed by atoms with Crippen LogP contribution in [0.2, 0.25) is 0 Å². The number of ketones is 1. The van der Waals surface area contributed by atoms with E-state index in [-0.39, 0.29) is 17.7 Å². The van der Waals surface area contributed by atoms with Gasteiger partial charge in [0.1, 0.15) is 0 Å². The molecule has 0 fully saturated rings. The predicted octanol–water partition coefficient (Wildman–Crippen LogP) is 1.81. The fourth-order valence-corrected chi connectivity index (χ4v) is 1.00. The van der Waals surface area contributed by atoms with Crippen LogP contribution in [0.5, 0.6) is 0 Å². The molecule has 1 rings (SSSR count). The van der Waals surface area contributed by atoms with E-state index in [1.54, 1.807) is 30.3 Å². The van der Waals surface area contributed by atoms with E-state index in [0.717, 1.165) is 0 Å². The van der Waals surface area contributed by atoms with Crippen LogP contribution in [0.1, 0.15) is 10.4 Å². The highest BCUT2D eigenvalue weighted by Gasteiger charge is 2.07. The third-order valence-electron chi connectivity index (χ3n) is 1.52. The third kappa shape index (κ3) is 3.30. The number of benzene rings is 1. The van der Waals surface area contributed by atoms with Gasteiger partial charge in [-0.05, 0) is 12.1 Å². The maximum Gasteiger partial charge on any atom is 0.338 e. The van der Waals surface area contributed by atoms with E-state index >= 15 is 0 Å². The number of carbonyl (C=O) groups is 2. The van der Waals surface area contributed by atoms with Crippen molar-refractivity contribution in [3.63, 3.8) is 0 Å². The normalized spacial score (nSPS) is 9.50. The Morgan fingerprint density at radius 3 is 2.43 bits per heavy atom. The lowest BCUT2D eigenvalue weighted by atomic mass is 10.2. The van der Waals surface area contributed by atoms with E-state index < -0.39 is 5.97 Å². The van der Waals surface area contributed by atoms with Crippen molar-refractivity contribution < 1.29 is 14.3 Å². The van der Waals surface area contributed by atoms with Gasteiger partial charge in [0.2, 0.25) is 0 Å². The van der Waals surface area contributed by atoms with Crippen LogP contribution in [0.4, 0.5) is 0 Å². The van der Waals surface area contributed by atoms with Crippen molar-refractivity contribution in [2.45, 2.75) is 0 Å². The first-order valence-electron chi connectivity index (χ1n) is 4.04. The summed E-state index contributed by atoms with van der Waals surface area (Å²) in [6.07, 6.45) is 0. The summed E-state index contributed by atoms with van der Waals surface area (Å²) in [4.78, 5) is 22.1. The summed E-state index contributed by atoms with van der Waals surface area (Å²) in [5.41, 5.74) is 0.454. The van der Waals surface area contributed by atoms with Gasteiger partial charge in [0.05, 0.1) is 10.9 Å². The van der Waals surface area contributed by atoms with Crippen LogP contribution >= 0.6 is 15.9 Å². The first-order valence-corrected chi connectivity index (χ1v) is 5.16. The first-order chi connectivity index (χ1) is 6.74. The number of hydrogen-bond acceptors (Lipinski definition) is 3. The highest BCUT2D eigenvalue weighted by Crippen LogP contribution is 2.00. The second kappa shape index (κ2) is 5.54. The van der Waals surface area contributed by atoms with Crippen LogP contribution in [0, 0.1) is 0 Å². The maximum absolute atomic E-state index is 11.3. The Morgan fingerprint density at radius 1 is 1.21 bits per heavy atom. The average molecular weight is 257 g/mol. The highest BCUT2D eigenvalue weighted by atomic mass is 79.9. The van der Waals surface area contributed by atoms with E-state index in [0.29, 0.717) is 5.56 Å². The Bertz CT molecular complexity index is 321. The Morgan fingerprint density at radius 2 is 1.86 bits per heavy atom. The van der Waals surface area contributed by atoms with Crippen molar-refractivity contribution in [1.82, 2.24) is 0 Å². The second-order valence-electron chi connectivity index (χ2n) is 2.61. The topological polar surface area (TPSA) is 43.4 Å². The monoisotopic (exact) mass is 256 g/mol. The molecular weight excluding hydrogens is 248 g/mol. The molecule has 1 aromatic carbocycles. The predicted molar refractivity (Wildman–Crippen MR) is 55.5 cm³/mol. The summed E-state index contributed by atoms with van der Waals surface area (Å²) in [7, 11) is 0. The van der Waals surface area contributed by atoms with Crippen molar-refractivity contribution in [3.8, 4) is 0 Å². The molecule has 0 unspecified atom stereocenters. The van der Waals surface area contributed by atoms with Gasteiger partial charge in [0.25, 0.3) is 0 Å². The largest absolute Gasteiger partial charge is 0.454 e. The molecule has 1 aromatic rings. The van der Waals surface area contributed by atoms with E-state index in [4.69, 9.17) is 4.74 Å². The molecule has 0 aliphatic carbocycles. The van der Waals surface area contributed by atoms with Crippen LogP contribution in [0.15, 0.2) is 30.3 Å². The van der Waals surface area contributed by atoms with Crippen LogP contribution in [0.25, 0.3) is 0 Å². The minimum atomic E-state index is -0.472. The van der Waals surface area contributed by atoms with Crippen molar-refractivity contribution >= 4 is 27.7 Å². The number of alkyl halides is 1. The summed E-state index contributed by atoms with van der Waals surface area (Å²) < 4.78 is 4.76. The first kappa shape index (κ1) is 10.9. The highest BCUT2D eigenvalue weighted by molar-refractivity contribution is 9.09. The number of carbonyl (C=O) groups excluding carboxylic acids is 2. The minimum Gasteiger partial charge on any atom is -0.454 e. The fourth-order valence-electron chi connectivity index (χ4n) is 0.842. The van der Waals surface area contributed by atoms with Crippen LogP contribution in [-0.4, -0.2) is 23.7 Å². The second-order valence-corrected chi connectivity index (χ2v) is 3.18. The molecule has 14 heavy (non-hydrogen) atoms. The van der Waals surface area contributed by atoms with Crippen molar-refractivity contribution in [2.24, 2.45) is 0 Å². The fraction of sp³-hybridized carbons (Fsp3) is 0.200. The molecule has 0 radical (unpaired) electrons. The van der Waals surface area contributed by atoms with Gasteiger partial charge in [0.15, 0.2) is 12.4 Å². The van der Waals surface area contributed by atoms with Gasteiger partial charge in [-0.15, -0.1) is 0 Å². The maximum atomic E-state index is 11.3. The molecule has 0 amide bonds. The molecule has 0 heterocycles. The number of hydrogen-bond donors (Lipinski definition) is 0.